The molecule has 10 saturated carbocycles. The van der Waals surface area contributed by atoms with Gasteiger partial charge in [0.1, 0.15) is 0 Å². The van der Waals surface area contributed by atoms with E-state index in [4.69, 9.17) is 39.1 Å². The van der Waals surface area contributed by atoms with Gasteiger partial charge < -0.3 is 10.6 Å². The van der Waals surface area contributed by atoms with Crippen LogP contribution >= 0.6 is 0 Å². The topological polar surface area (TPSA) is 132 Å². The van der Waals surface area contributed by atoms with E-state index in [1.54, 1.807) is 0 Å². The van der Waals surface area contributed by atoms with Crippen molar-refractivity contribution >= 4 is 11.8 Å². The SMILES string of the molecule is O=C(CC1CCC2(CC1)OOC1(OO2)C2CC3CC(C2)CC1C3)NCCCNC(=O)CC1CCC2(CC1)OOC1(OO2)C2CC3CC(C2)CC1C3. The van der Waals surface area contributed by atoms with Gasteiger partial charge in [-0.1, -0.05) is 0 Å². The maximum atomic E-state index is 12.7. The molecule has 0 aromatic rings. The molecule has 10 aliphatic carbocycles. The van der Waals surface area contributed by atoms with Crippen molar-refractivity contribution in [2.45, 2.75) is 158 Å². The summed E-state index contributed by atoms with van der Waals surface area (Å²) in [4.78, 5) is 74.3. The Balaban J connectivity index is 0.586. The first-order valence-corrected chi connectivity index (χ1v) is 20.8. The molecular weight excluding hydrogens is 656 g/mol. The third-order valence-corrected chi connectivity index (χ3v) is 15.5. The number of hydrogen-bond donors (Lipinski definition) is 2. The van der Waals surface area contributed by atoms with Crippen molar-refractivity contribution < 1.29 is 48.7 Å². The van der Waals surface area contributed by atoms with E-state index in [1.165, 1.54) is 12.8 Å². The van der Waals surface area contributed by atoms with Crippen LogP contribution in [0.3, 0.4) is 0 Å². The Bertz CT molecular complexity index is 1150. The minimum atomic E-state index is -0.859. The number of hydrogen-bond acceptors (Lipinski definition) is 10. The zero-order chi connectivity index (χ0) is 34.3. The first-order valence-electron chi connectivity index (χ1n) is 20.8. The quantitative estimate of drug-likeness (QED) is 0.219. The van der Waals surface area contributed by atoms with Crippen molar-refractivity contribution in [2.75, 3.05) is 13.1 Å². The first kappa shape index (κ1) is 34.1. The molecule has 12 heteroatoms. The van der Waals surface area contributed by atoms with Crippen LogP contribution in [0.15, 0.2) is 0 Å². The second-order valence-corrected chi connectivity index (χ2v) is 18.9. The molecule has 12 aliphatic rings. The molecule has 2 amide bonds. The summed E-state index contributed by atoms with van der Waals surface area (Å²) >= 11 is 0. The van der Waals surface area contributed by atoms with E-state index in [0.29, 0.717) is 81.7 Å². The zero-order valence-corrected chi connectivity index (χ0v) is 30.1. The summed E-state index contributed by atoms with van der Waals surface area (Å²) < 4.78 is 0. The molecule has 8 bridgehead atoms. The normalized spacial score (nSPS) is 50.7. The molecule has 2 saturated heterocycles. The lowest BCUT2D eigenvalue weighted by Gasteiger charge is -2.60. The summed E-state index contributed by atoms with van der Waals surface area (Å²) in [7, 11) is 0. The van der Waals surface area contributed by atoms with Crippen molar-refractivity contribution in [3.05, 3.63) is 0 Å². The van der Waals surface area contributed by atoms with Crippen molar-refractivity contribution in [1.82, 2.24) is 10.6 Å². The summed E-state index contributed by atoms with van der Waals surface area (Å²) in [5.41, 5.74) is 0. The Morgan fingerprint density at radius 2 is 0.765 bits per heavy atom. The molecule has 12 nitrogen and oxygen atoms in total. The standard InChI is InChI=1S/C39H58N2O10/c42-34(22-24-2-6-36(7-3-24)44-48-38(49-45-36)30-14-26-12-27(16-30)17-31(38)15-26)40-10-1-11-41-35(43)23-25-4-8-37(9-5-25)46-50-39(51-47-37)32-18-28-13-29(20-32)21-33(39)19-28/h24-33H,1-23H2,(H,40,42)(H,41,43). The van der Waals surface area contributed by atoms with Gasteiger partial charge in [0.05, 0.1) is 0 Å². The van der Waals surface area contributed by atoms with E-state index < -0.39 is 23.1 Å². The van der Waals surface area contributed by atoms with Crippen LogP contribution in [0.5, 0.6) is 0 Å². The highest BCUT2D eigenvalue weighted by atomic mass is 17.4. The maximum absolute atomic E-state index is 12.7. The van der Waals surface area contributed by atoms with Crippen LogP contribution in [0.4, 0.5) is 0 Å². The molecule has 0 unspecified atom stereocenters. The minimum absolute atomic E-state index is 0.0540. The predicted octanol–water partition coefficient (Wildman–Crippen LogP) is 6.29. The molecule has 12 fully saturated rings. The predicted molar refractivity (Wildman–Crippen MR) is 177 cm³/mol. The Hall–Kier alpha value is -1.38. The van der Waals surface area contributed by atoms with Gasteiger partial charge >= 0.3 is 0 Å². The fourth-order valence-electron chi connectivity index (χ4n) is 13.0. The van der Waals surface area contributed by atoms with Crippen LogP contribution in [0.2, 0.25) is 0 Å². The highest BCUT2D eigenvalue weighted by Crippen LogP contribution is 2.63. The van der Waals surface area contributed by atoms with E-state index in [1.807, 2.05) is 0 Å². The molecule has 0 radical (unpaired) electrons. The fourth-order valence-corrected chi connectivity index (χ4v) is 13.0. The van der Waals surface area contributed by atoms with Gasteiger partial charge in [0.25, 0.3) is 0 Å². The van der Waals surface area contributed by atoms with Crippen LogP contribution in [0.1, 0.15) is 135 Å². The van der Waals surface area contributed by atoms with Gasteiger partial charge in [-0.2, -0.15) is 39.1 Å². The van der Waals surface area contributed by atoms with Crippen molar-refractivity contribution in [3.63, 3.8) is 0 Å². The lowest BCUT2D eigenvalue weighted by Crippen LogP contribution is -2.64. The van der Waals surface area contributed by atoms with Gasteiger partial charge in [-0.25, -0.2) is 0 Å². The summed E-state index contributed by atoms with van der Waals surface area (Å²) in [6, 6.07) is 0. The van der Waals surface area contributed by atoms with Gasteiger partial charge in [0.15, 0.2) is 0 Å². The molecule has 0 aromatic heterocycles. The number of nitrogens with one attached hydrogen (secondary N) is 2. The lowest BCUT2D eigenvalue weighted by molar-refractivity contribution is -0.680. The van der Waals surface area contributed by atoms with Crippen molar-refractivity contribution in [2.24, 2.45) is 59.2 Å². The van der Waals surface area contributed by atoms with Gasteiger partial charge in [0.2, 0.25) is 35.0 Å². The van der Waals surface area contributed by atoms with Crippen LogP contribution in [0, 0.1) is 59.2 Å². The summed E-state index contributed by atoms with van der Waals surface area (Å²) in [6.07, 6.45) is 19.5. The molecule has 0 atom stereocenters. The van der Waals surface area contributed by atoms with Gasteiger partial charge in [-0.05, 0) is 132 Å². The molecule has 284 valence electrons. The number of carbonyl (C=O) groups is 2. The molecular formula is C39H58N2O10. The molecule has 2 N–H and O–H groups in total. The molecule has 2 heterocycles. The Kier molecular flexibility index (Phi) is 8.79. The van der Waals surface area contributed by atoms with Gasteiger partial charge in [-0.15, -0.1) is 0 Å². The van der Waals surface area contributed by atoms with E-state index >= 15 is 0 Å². The van der Waals surface area contributed by atoms with Crippen molar-refractivity contribution in [3.8, 4) is 0 Å². The highest BCUT2D eigenvalue weighted by molar-refractivity contribution is 5.76. The second-order valence-electron chi connectivity index (χ2n) is 18.9. The summed E-state index contributed by atoms with van der Waals surface area (Å²) in [5.74, 6) is 2.17. The second kappa shape index (κ2) is 13.1. The fraction of sp³-hybridized carbons (Fsp3) is 0.949. The monoisotopic (exact) mass is 714 g/mol. The minimum Gasteiger partial charge on any atom is -0.356 e. The number of amides is 2. The maximum Gasteiger partial charge on any atom is 0.239 e. The molecule has 51 heavy (non-hydrogen) atoms. The van der Waals surface area contributed by atoms with Crippen LogP contribution in [0.25, 0.3) is 0 Å². The molecule has 0 aromatic carbocycles. The average molecular weight is 715 g/mol. The summed E-state index contributed by atoms with van der Waals surface area (Å²) in [5, 5.41) is 6.08. The largest absolute Gasteiger partial charge is 0.356 e. The van der Waals surface area contributed by atoms with E-state index in [0.717, 1.165) is 101 Å². The van der Waals surface area contributed by atoms with E-state index in [2.05, 4.69) is 10.6 Å². The third kappa shape index (κ3) is 6.19. The summed E-state index contributed by atoms with van der Waals surface area (Å²) in [6.45, 7) is 1.09. The molecule has 12 rings (SSSR count). The molecule has 2 aliphatic heterocycles. The Morgan fingerprint density at radius 3 is 1.08 bits per heavy atom. The average Bonchev–Trinajstić information content (AvgIpc) is 3.13. The molecule has 4 spiro atoms. The van der Waals surface area contributed by atoms with Gasteiger partial charge in [-0.3, -0.25) is 9.59 Å². The van der Waals surface area contributed by atoms with Crippen LogP contribution in [-0.4, -0.2) is 48.1 Å². The van der Waals surface area contributed by atoms with Crippen LogP contribution in [-0.2, 0) is 48.7 Å². The Labute approximate surface area is 301 Å². The number of rotatable bonds is 8. The zero-order valence-electron chi connectivity index (χ0n) is 30.1. The third-order valence-electron chi connectivity index (χ3n) is 15.5. The van der Waals surface area contributed by atoms with Gasteiger partial charge in [0, 0.05) is 75.3 Å². The first-order chi connectivity index (χ1) is 24.8. The van der Waals surface area contributed by atoms with Crippen molar-refractivity contribution in [1.29, 1.82) is 0 Å². The smallest absolute Gasteiger partial charge is 0.239 e. The van der Waals surface area contributed by atoms with E-state index in [-0.39, 0.29) is 23.7 Å². The van der Waals surface area contributed by atoms with Crippen LogP contribution < -0.4 is 10.6 Å². The Morgan fingerprint density at radius 1 is 0.451 bits per heavy atom. The lowest BCUT2D eigenvalue weighted by atomic mass is 9.53. The number of carbonyl (C=O) groups excluding carboxylic acids is 2. The van der Waals surface area contributed by atoms with E-state index in [9.17, 15) is 9.59 Å². The highest BCUT2D eigenvalue weighted by Gasteiger charge is 2.66.